The molecule has 0 unspecified atom stereocenters. The van der Waals surface area contributed by atoms with Crippen LogP contribution >= 0.6 is 34.8 Å². The van der Waals surface area contributed by atoms with Gasteiger partial charge >= 0.3 is 0 Å². The molecule has 3 N–H and O–H groups in total. The van der Waals surface area contributed by atoms with E-state index < -0.39 is 0 Å². The fraction of sp³-hybridized carbons (Fsp3) is 0.125. The van der Waals surface area contributed by atoms with Gasteiger partial charge in [-0.1, -0.05) is 34.8 Å². The Bertz CT molecular complexity index is 368. The number of benzene rings is 1. The van der Waals surface area contributed by atoms with Gasteiger partial charge in [0, 0.05) is 6.07 Å². The number of halogens is 3. The maximum Gasteiger partial charge on any atom is 0.145 e. The molecule has 76 valence electrons. The summed E-state index contributed by atoms with van der Waals surface area (Å²) in [7, 11) is 0. The van der Waals surface area contributed by atoms with Gasteiger partial charge in [-0.25, -0.2) is 0 Å². The van der Waals surface area contributed by atoms with E-state index in [1.807, 2.05) is 0 Å². The van der Waals surface area contributed by atoms with Crippen LogP contribution in [0.4, 0.5) is 0 Å². The zero-order valence-electron chi connectivity index (χ0n) is 6.98. The highest BCUT2D eigenvalue weighted by Crippen LogP contribution is 2.33. The van der Waals surface area contributed by atoms with Gasteiger partial charge in [-0.15, -0.1) is 0 Å². The molecule has 6 heteroatoms. The summed E-state index contributed by atoms with van der Waals surface area (Å²) in [6, 6.07) is 2.95. The first-order chi connectivity index (χ1) is 6.50. The van der Waals surface area contributed by atoms with Crippen molar-refractivity contribution < 1.29 is 4.74 Å². The maximum absolute atomic E-state index is 6.96. The molecule has 0 atom stereocenters. The minimum atomic E-state index is -0.0906. The molecule has 0 aliphatic carbocycles. The number of hydrogen-bond donors (Lipinski definition) is 2. The van der Waals surface area contributed by atoms with Gasteiger partial charge in [-0.3, -0.25) is 5.41 Å². The molecule has 0 spiro atoms. The second-order valence-corrected chi connectivity index (χ2v) is 3.73. The van der Waals surface area contributed by atoms with Crippen molar-refractivity contribution in [2.45, 2.75) is 0 Å². The van der Waals surface area contributed by atoms with E-state index in [2.05, 4.69) is 0 Å². The molecular formula is C8H7Cl3N2O. The van der Waals surface area contributed by atoms with Crippen LogP contribution < -0.4 is 10.5 Å². The van der Waals surface area contributed by atoms with Crippen LogP contribution in [0.15, 0.2) is 12.1 Å². The molecule has 0 saturated heterocycles. The molecule has 1 rings (SSSR count). The molecular weight excluding hydrogens is 246 g/mol. The molecule has 0 bridgehead atoms. The summed E-state index contributed by atoms with van der Waals surface area (Å²) in [5.74, 6) is 0.267. The van der Waals surface area contributed by atoms with E-state index in [1.165, 1.54) is 12.1 Å². The summed E-state index contributed by atoms with van der Waals surface area (Å²) in [4.78, 5) is 0. The molecule has 0 radical (unpaired) electrons. The minimum Gasteiger partial charge on any atom is -0.484 e. The second kappa shape index (κ2) is 4.73. The largest absolute Gasteiger partial charge is 0.484 e. The van der Waals surface area contributed by atoms with Crippen molar-refractivity contribution in [1.82, 2.24) is 0 Å². The number of nitrogens with one attached hydrogen (secondary N) is 1. The monoisotopic (exact) mass is 252 g/mol. The van der Waals surface area contributed by atoms with Crippen molar-refractivity contribution >= 4 is 40.6 Å². The zero-order chi connectivity index (χ0) is 10.7. The predicted octanol–water partition coefficient (Wildman–Crippen LogP) is 2.96. The highest BCUT2D eigenvalue weighted by atomic mass is 35.5. The molecule has 0 aromatic heterocycles. The molecule has 1 aromatic rings. The van der Waals surface area contributed by atoms with Crippen LogP contribution in [-0.2, 0) is 0 Å². The number of rotatable bonds is 3. The Kier molecular flexibility index (Phi) is 3.86. The Balaban J connectivity index is 2.87. The van der Waals surface area contributed by atoms with Gasteiger partial charge < -0.3 is 10.5 Å². The van der Waals surface area contributed by atoms with Crippen molar-refractivity contribution in [3.63, 3.8) is 0 Å². The molecule has 1 aromatic carbocycles. The van der Waals surface area contributed by atoms with E-state index in [0.717, 1.165) is 0 Å². The molecule has 0 fully saturated rings. The van der Waals surface area contributed by atoms with E-state index in [4.69, 9.17) is 50.7 Å². The van der Waals surface area contributed by atoms with Gasteiger partial charge in [0.15, 0.2) is 0 Å². The number of amidine groups is 1. The fourth-order valence-electron chi connectivity index (χ4n) is 0.770. The molecule has 0 amide bonds. The van der Waals surface area contributed by atoms with Gasteiger partial charge in [-0.2, -0.15) is 0 Å². The lowest BCUT2D eigenvalue weighted by atomic mass is 10.3. The molecule has 0 aliphatic heterocycles. The van der Waals surface area contributed by atoms with Crippen LogP contribution in [0.5, 0.6) is 5.75 Å². The van der Waals surface area contributed by atoms with E-state index in [-0.39, 0.29) is 12.4 Å². The molecule has 0 saturated carbocycles. The standard InChI is InChI=1S/C8H7Cl3N2O/c9-4-1-6(11)7(2-5(4)10)14-3-8(12)13/h1-2H,3H2,(H3,12,13). The molecule has 3 nitrogen and oxygen atoms in total. The normalized spacial score (nSPS) is 9.93. The third kappa shape index (κ3) is 2.94. The van der Waals surface area contributed by atoms with E-state index in [1.54, 1.807) is 0 Å². The van der Waals surface area contributed by atoms with E-state index in [9.17, 15) is 0 Å². The summed E-state index contributed by atoms with van der Waals surface area (Å²) in [6.07, 6.45) is 0. The SMILES string of the molecule is N=C(N)COc1cc(Cl)c(Cl)cc1Cl. The van der Waals surface area contributed by atoms with Crippen LogP contribution in [0.3, 0.4) is 0 Å². The lowest BCUT2D eigenvalue weighted by Crippen LogP contribution is -2.19. The van der Waals surface area contributed by atoms with Crippen molar-refractivity contribution in [1.29, 1.82) is 5.41 Å². The Hall–Kier alpha value is -0.640. The minimum absolute atomic E-state index is 0.0301. The summed E-state index contributed by atoms with van der Waals surface area (Å²) in [5, 5.41) is 7.99. The van der Waals surface area contributed by atoms with Crippen molar-refractivity contribution in [2.24, 2.45) is 5.73 Å². The first kappa shape index (κ1) is 11.4. The third-order valence-electron chi connectivity index (χ3n) is 1.36. The van der Waals surface area contributed by atoms with Crippen LogP contribution in [0.25, 0.3) is 0 Å². The smallest absolute Gasteiger partial charge is 0.145 e. The second-order valence-electron chi connectivity index (χ2n) is 2.51. The Morgan fingerprint density at radius 1 is 1.21 bits per heavy atom. The van der Waals surface area contributed by atoms with Gasteiger partial charge in [0.2, 0.25) is 0 Å². The summed E-state index contributed by atoms with van der Waals surface area (Å²) in [6.45, 7) is -0.0301. The first-order valence-electron chi connectivity index (χ1n) is 3.61. The number of hydrogen-bond acceptors (Lipinski definition) is 2. The average Bonchev–Trinajstić information content (AvgIpc) is 2.09. The molecule has 14 heavy (non-hydrogen) atoms. The molecule has 0 heterocycles. The van der Waals surface area contributed by atoms with Gasteiger partial charge in [0.25, 0.3) is 0 Å². The predicted molar refractivity (Wildman–Crippen MR) is 58.9 cm³/mol. The third-order valence-corrected chi connectivity index (χ3v) is 2.38. The van der Waals surface area contributed by atoms with Crippen LogP contribution in [-0.4, -0.2) is 12.4 Å². The first-order valence-corrected chi connectivity index (χ1v) is 4.74. The van der Waals surface area contributed by atoms with Gasteiger partial charge in [0.05, 0.1) is 15.1 Å². The van der Waals surface area contributed by atoms with Gasteiger partial charge in [0.1, 0.15) is 18.2 Å². The lowest BCUT2D eigenvalue weighted by Gasteiger charge is -2.07. The lowest BCUT2D eigenvalue weighted by molar-refractivity contribution is 0.375. The van der Waals surface area contributed by atoms with E-state index >= 15 is 0 Å². The maximum atomic E-state index is 6.96. The van der Waals surface area contributed by atoms with Crippen LogP contribution in [0.1, 0.15) is 0 Å². The quantitative estimate of drug-likeness (QED) is 0.494. The fourth-order valence-corrected chi connectivity index (χ4v) is 1.36. The van der Waals surface area contributed by atoms with Crippen molar-refractivity contribution in [3.8, 4) is 5.75 Å². The Morgan fingerprint density at radius 3 is 2.36 bits per heavy atom. The molecule has 0 aliphatic rings. The summed E-state index contributed by atoms with van der Waals surface area (Å²) >= 11 is 17.3. The van der Waals surface area contributed by atoms with E-state index in [0.29, 0.717) is 20.8 Å². The number of ether oxygens (including phenoxy) is 1. The van der Waals surface area contributed by atoms with Crippen LogP contribution in [0.2, 0.25) is 15.1 Å². The van der Waals surface area contributed by atoms with Crippen LogP contribution in [0, 0.1) is 5.41 Å². The highest BCUT2D eigenvalue weighted by molar-refractivity contribution is 6.43. The number of nitrogens with two attached hydrogens (primary N) is 1. The highest BCUT2D eigenvalue weighted by Gasteiger charge is 2.07. The topological polar surface area (TPSA) is 59.1 Å². The average molecular weight is 254 g/mol. The summed E-state index contributed by atoms with van der Waals surface area (Å²) in [5.41, 5.74) is 5.11. The zero-order valence-corrected chi connectivity index (χ0v) is 9.25. The Labute approximate surface area is 96.2 Å². The summed E-state index contributed by atoms with van der Waals surface area (Å²) < 4.78 is 5.11. The van der Waals surface area contributed by atoms with Crippen molar-refractivity contribution in [3.05, 3.63) is 27.2 Å². The van der Waals surface area contributed by atoms with Crippen molar-refractivity contribution in [2.75, 3.05) is 6.61 Å². The Morgan fingerprint density at radius 2 is 1.79 bits per heavy atom. The van der Waals surface area contributed by atoms with Gasteiger partial charge in [-0.05, 0) is 6.07 Å².